The molecule has 7 heteroatoms. The van der Waals surface area contributed by atoms with E-state index in [1.165, 1.54) is 17.0 Å². The van der Waals surface area contributed by atoms with E-state index in [-0.39, 0.29) is 30.3 Å². The average Bonchev–Trinajstić information content (AvgIpc) is 3.09. The first kappa shape index (κ1) is 17.9. The first-order chi connectivity index (χ1) is 12.6. The second kappa shape index (κ2) is 7.97. The summed E-state index contributed by atoms with van der Waals surface area (Å²) in [6, 6.07) is 12.8. The minimum Gasteiger partial charge on any atom is -0.497 e. The molecule has 2 aromatic rings. The third-order valence-electron chi connectivity index (χ3n) is 4.27. The van der Waals surface area contributed by atoms with Gasteiger partial charge in [-0.25, -0.2) is 9.18 Å². The summed E-state index contributed by atoms with van der Waals surface area (Å²) in [4.78, 5) is 25.1. The van der Waals surface area contributed by atoms with Gasteiger partial charge in [-0.1, -0.05) is 24.3 Å². The summed E-state index contributed by atoms with van der Waals surface area (Å²) in [7, 11) is 1.59. The summed E-state index contributed by atoms with van der Waals surface area (Å²) in [6.45, 7) is 0.815. The normalized spacial score (nSPS) is 14.8. The molecule has 0 bridgehead atoms. The molecule has 6 nitrogen and oxygen atoms in total. The summed E-state index contributed by atoms with van der Waals surface area (Å²) < 4.78 is 18.4. The van der Waals surface area contributed by atoms with E-state index in [9.17, 15) is 14.0 Å². The Labute approximate surface area is 150 Å². The van der Waals surface area contributed by atoms with Crippen LogP contribution in [-0.2, 0) is 4.79 Å². The molecule has 2 aromatic carbocycles. The number of benzene rings is 2. The van der Waals surface area contributed by atoms with Gasteiger partial charge < -0.3 is 10.1 Å². The van der Waals surface area contributed by atoms with Gasteiger partial charge in [-0.3, -0.25) is 15.0 Å². The quantitative estimate of drug-likeness (QED) is 0.830. The molecule has 1 fully saturated rings. The topological polar surface area (TPSA) is 70.7 Å². The van der Waals surface area contributed by atoms with Crippen LogP contribution in [0.15, 0.2) is 48.5 Å². The molecule has 1 heterocycles. The molecule has 2 N–H and O–H groups in total. The summed E-state index contributed by atoms with van der Waals surface area (Å²) >= 11 is 0. The van der Waals surface area contributed by atoms with Crippen molar-refractivity contribution < 1.29 is 18.7 Å². The molecule has 0 unspecified atom stereocenters. The lowest BCUT2D eigenvalue weighted by atomic mass is 9.98. The molecular formula is C19H20FN3O3. The lowest BCUT2D eigenvalue weighted by Crippen LogP contribution is -2.41. The molecule has 1 atom stereocenters. The second-order valence-corrected chi connectivity index (χ2v) is 5.92. The van der Waals surface area contributed by atoms with Gasteiger partial charge >= 0.3 is 6.03 Å². The van der Waals surface area contributed by atoms with Crippen LogP contribution in [0.4, 0.5) is 9.18 Å². The molecule has 1 saturated heterocycles. The van der Waals surface area contributed by atoms with Crippen LogP contribution >= 0.6 is 0 Å². The fourth-order valence-electron chi connectivity index (χ4n) is 2.87. The minimum absolute atomic E-state index is 0.0124. The Morgan fingerprint density at radius 2 is 1.81 bits per heavy atom. The van der Waals surface area contributed by atoms with Crippen LogP contribution in [0, 0.1) is 5.82 Å². The Morgan fingerprint density at radius 1 is 1.19 bits per heavy atom. The van der Waals surface area contributed by atoms with Gasteiger partial charge in [0.05, 0.1) is 19.7 Å². The average molecular weight is 357 g/mol. The minimum atomic E-state index is -0.375. The molecule has 0 aromatic heterocycles. The number of carbonyl (C=O) groups is 2. The van der Waals surface area contributed by atoms with Crippen molar-refractivity contribution in [1.29, 1.82) is 0 Å². The third kappa shape index (κ3) is 4.00. The highest BCUT2D eigenvalue weighted by Crippen LogP contribution is 2.24. The van der Waals surface area contributed by atoms with Crippen molar-refractivity contribution in [2.45, 2.75) is 6.04 Å². The number of hydrogen-bond acceptors (Lipinski definition) is 4. The summed E-state index contributed by atoms with van der Waals surface area (Å²) in [5, 5.41) is 5.78. The maximum Gasteiger partial charge on any atom is 0.324 e. The van der Waals surface area contributed by atoms with E-state index < -0.39 is 0 Å². The number of ether oxygens (including phenoxy) is 1. The standard InChI is InChI=1S/C19H20FN3O3/c1-26-16-8-4-14(5-9-16)18(13-2-6-15(20)7-3-13)22-12-17(24)23-11-10-21-19(23)25/h2-9,18,22H,10-12H2,1H3,(H,21,25)/t18-/m1/s1. The number of amides is 3. The summed E-state index contributed by atoms with van der Waals surface area (Å²) in [5.41, 5.74) is 1.71. The molecule has 0 aliphatic carbocycles. The van der Waals surface area contributed by atoms with Gasteiger partial charge in [0.2, 0.25) is 5.91 Å². The van der Waals surface area contributed by atoms with Crippen molar-refractivity contribution in [3.05, 3.63) is 65.5 Å². The van der Waals surface area contributed by atoms with E-state index in [1.807, 2.05) is 24.3 Å². The molecular weight excluding hydrogens is 337 g/mol. The Kier molecular flexibility index (Phi) is 5.48. The van der Waals surface area contributed by atoms with Gasteiger partial charge in [0.1, 0.15) is 11.6 Å². The Hall–Kier alpha value is -2.93. The molecule has 136 valence electrons. The van der Waals surface area contributed by atoms with E-state index in [0.29, 0.717) is 13.1 Å². The summed E-state index contributed by atoms with van der Waals surface area (Å²) in [6.07, 6.45) is 0. The first-order valence-corrected chi connectivity index (χ1v) is 8.29. The molecule has 0 spiro atoms. The molecule has 0 radical (unpaired) electrons. The molecule has 0 saturated carbocycles. The predicted molar refractivity (Wildman–Crippen MR) is 94.4 cm³/mol. The zero-order valence-corrected chi connectivity index (χ0v) is 14.4. The van der Waals surface area contributed by atoms with Crippen LogP contribution in [0.5, 0.6) is 5.75 Å². The number of nitrogens with one attached hydrogen (secondary N) is 2. The largest absolute Gasteiger partial charge is 0.497 e. The van der Waals surface area contributed by atoms with Gasteiger partial charge in [0, 0.05) is 13.1 Å². The van der Waals surface area contributed by atoms with Crippen LogP contribution in [0.1, 0.15) is 17.2 Å². The van der Waals surface area contributed by atoms with Crippen molar-refractivity contribution in [3.63, 3.8) is 0 Å². The fourth-order valence-corrected chi connectivity index (χ4v) is 2.87. The molecule has 3 rings (SSSR count). The van der Waals surface area contributed by atoms with E-state index in [2.05, 4.69) is 10.6 Å². The maximum absolute atomic E-state index is 13.3. The highest BCUT2D eigenvalue weighted by atomic mass is 19.1. The van der Waals surface area contributed by atoms with Crippen molar-refractivity contribution in [1.82, 2.24) is 15.5 Å². The number of hydrogen-bond donors (Lipinski definition) is 2. The van der Waals surface area contributed by atoms with Gasteiger partial charge in [-0.2, -0.15) is 0 Å². The second-order valence-electron chi connectivity index (χ2n) is 5.92. The number of methoxy groups -OCH3 is 1. The predicted octanol–water partition coefficient (Wildman–Crippen LogP) is 2.07. The molecule has 1 aliphatic heterocycles. The molecule has 26 heavy (non-hydrogen) atoms. The van der Waals surface area contributed by atoms with Gasteiger partial charge in [0.25, 0.3) is 0 Å². The number of nitrogens with zero attached hydrogens (tertiary/aromatic N) is 1. The SMILES string of the molecule is COc1ccc([C@H](NCC(=O)N2CCNC2=O)c2ccc(F)cc2)cc1. The van der Waals surface area contributed by atoms with Crippen molar-refractivity contribution >= 4 is 11.9 Å². The Balaban J connectivity index is 1.79. The van der Waals surface area contributed by atoms with Crippen molar-refractivity contribution in [3.8, 4) is 5.75 Å². The van der Waals surface area contributed by atoms with Crippen molar-refractivity contribution in [2.75, 3.05) is 26.7 Å². The molecule has 1 aliphatic rings. The fraction of sp³-hybridized carbons (Fsp3) is 0.263. The van der Waals surface area contributed by atoms with Gasteiger partial charge in [-0.05, 0) is 35.4 Å². The van der Waals surface area contributed by atoms with Crippen LogP contribution in [-0.4, -0.2) is 43.6 Å². The monoisotopic (exact) mass is 357 g/mol. The first-order valence-electron chi connectivity index (χ1n) is 8.29. The van der Waals surface area contributed by atoms with Crippen LogP contribution in [0.25, 0.3) is 0 Å². The van der Waals surface area contributed by atoms with Gasteiger partial charge in [-0.15, -0.1) is 0 Å². The van der Waals surface area contributed by atoms with E-state index in [4.69, 9.17) is 4.74 Å². The smallest absolute Gasteiger partial charge is 0.324 e. The van der Waals surface area contributed by atoms with E-state index in [1.54, 1.807) is 19.2 Å². The lowest BCUT2D eigenvalue weighted by molar-refractivity contribution is -0.126. The van der Waals surface area contributed by atoms with Crippen LogP contribution < -0.4 is 15.4 Å². The number of rotatable bonds is 6. The van der Waals surface area contributed by atoms with Gasteiger partial charge in [0.15, 0.2) is 0 Å². The van der Waals surface area contributed by atoms with Crippen molar-refractivity contribution in [2.24, 2.45) is 0 Å². The number of urea groups is 1. The zero-order valence-electron chi connectivity index (χ0n) is 14.4. The Bertz CT molecular complexity index is 778. The summed E-state index contributed by atoms with van der Waals surface area (Å²) in [5.74, 6) is 0.0871. The zero-order chi connectivity index (χ0) is 18.5. The molecule has 3 amide bonds. The Morgan fingerprint density at radius 3 is 2.35 bits per heavy atom. The highest BCUT2D eigenvalue weighted by molar-refractivity contribution is 5.96. The van der Waals surface area contributed by atoms with E-state index >= 15 is 0 Å². The van der Waals surface area contributed by atoms with Crippen LogP contribution in [0.2, 0.25) is 0 Å². The number of imide groups is 1. The third-order valence-corrected chi connectivity index (χ3v) is 4.27. The van der Waals surface area contributed by atoms with Crippen LogP contribution in [0.3, 0.4) is 0 Å². The highest BCUT2D eigenvalue weighted by Gasteiger charge is 2.26. The lowest BCUT2D eigenvalue weighted by Gasteiger charge is -2.21. The maximum atomic E-state index is 13.3. The van der Waals surface area contributed by atoms with E-state index in [0.717, 1.165) is 16.9 Å². The number of halogens is 1. The number of carbonyl (C=O) groups excluding carboxylic acids is 2.